The van der Waals surface area contributed by atoms with Crippen LogP contribution in [0.1, 0.15) is 24.9 Å². The lowest BCUT2D eigenvalue weighted by Crippen LogP contribution is -2.32. The summed E-state index contributed by atoms with van der Waals surface area (Å²) in [5.41, 5.74) is 7.21. The molecule has 1 aliphatic heterocycles. The zero-order chi connectivity index (χ0) is 13.7. The fourth-order valence-corrected chi connectivity index (χ4v) is 2.68. The van der Waals surface area contributed by atoms with Crippen molar-refractivity contribution in [3.8, 4) is 5.75 Å². The maximum absolute atomic E-state index is 5.95. The Hall–Kier alpha value is -1.10. The van der Waals surface area contributed by atoms with E-state index in [1.807, 2.05) is 19.1 Å². The molecule has 0 bridgehead atoms. The van der Waals surface area contributed by atoms with Gasteiger partial charge in [0, 0.05) is 32.8 Å². The summed E-state index contributed by atoms with van der Waals surface area (Å²) in [4.78, 5) is 2.41. The number of nitrogens with zero attached hydrogens (tertiary/aromatic N) is 1. The molecule has 2 N–H and O–H groups in total. The minimum Gasteiger partial charge on any atom is -0.494 e. The van der Waals surface area contributed by atoms with Crippen LogP contribution in [0.15, 0.2) is 24.3 Å². The molecule has 1 aromatic carbocycles. The highest BCUT2D eigenvalue weighted by atomic mass is 16.5. The Labute approximate surface area is 115 Å². The fraction of sp³-hybridized carbons (Fsp3) is 0.600. The largest absolute Gasteiger partial charge is 0.494 e. The maximum Gasteiger partial charge on any atom is 0.119 e. The first-order valence-corrected chi connectivity index (χ1v) is 6.98. The Balaban J connectivity index is 2.04. The second-order valence-corrected chi connectivity index (χ2v) is 4.89. The van der Waals surface area contributed by atoms with E-state index in [-0.39, 0.29) is 6.04 Å². The van der Waals surface area contributed by atoms with Gasteiger partial charge in [-0.15, -0.1) is 0 Å². The van der Waals surface area contributed by atoms with E-state index < -0.39 is 0 Å². The van der Waals surface area contributed by atoms with Crippen molar-refractivity contribution in [2.75, 3.05) is 33.4 Å². The number of rotatable bonds is 6. The molecule has 2 unspecified atom stereocenters. The van der Waals surface area contributed by atoms with Crippen LogP contribution in [-0.4, -0.2) is 44.4 Å². The zero-order valence-corrected chi connectivity index (χ0v) is 11.8. The van der Waals surface area contributed by atoms with Crippen molar-refractivity contribution in [2.45, 2.75) is 25.5 Å². The molecule has 0 amide bonds. The molecule has 0 aromatic heterocycles. The number of ether oxygens (including phenoxy) is 2. The van der Waals surface area contributed by atoms with Crippen LogP contribution in [0.3, 0.4) is 0 Å². The predicted molar refractivity (Wildman–Crippen MR) is 76.4 cm³/mol. The van der Waals surface area contributed by atoms with Crippen LogP contribution in [0, 0.1) is 0 Å². The second kappa shape index (κ2) is 6.89. The van der Waals surface area contributed by atoms with Crippen molar-refractivity contribution in [1.29, 1.82) is 0 Å². The zero-order valence-electron chi connectivity index (χ0n) is 11.8. The summed E-state index contributed by atoms with van der Waals surface area (Å²) in [6.07, 6.45) is 1.43. The third-order valence-electron chi connectivity index (χ3n) is 3.75. The molecule has 1 saturated heterocycles. The smallest absolute Gasteiger partial charge is 0.119 e. The molecule has 1 heterocycles. The lowest BCUT2D eigenvalue weighted by Gasteiger charge is -2.27. The minimum absolute atomic E-state index is 0.274. The van der Waals surface area contributed by atoms with Gasteiger partial charge in [-0.1, -0.05) is 12.1 Å². The molecule has 1 aromatic rings. The molecule has 1 fully saturated rings. The summed E-state index contributed by atoms with van der Waals surface area (Å²) < 4.78 is 10.9. The number of hydrogen-bond donors (Lipinski definition) is 1. The lowest BCUT2D eigenvalue weighted by molar-refractivity contribution is 0.101. The van der Waals surface area contributed by atoms with Crippen LogP contribution in [0.5, 0.6) is 5.75 Å². The standard InChI is InChI=1S/C15H24N2O2/c1-3-19-13-6-4-12(5-7-13)15(10-16)17-9-8-14(11-17)18-2/h4-7,14-15H,3,8-11,16H2,1-2H3. The highest BCUT2D eigenvalue weighted by Crippen LogP contribution is 2.26. The van der Waals surface area contributed by atoms with Gasteiger partial charge in [-0.2, -0.15) is 0 Å². The highest BCUT2D eigenvalue weighted by molar-refractivity contribution is 5.29. The molecule has 2 rings (SSSR count). The summed E-state index contributed by atoms with van der Waals surface area (Å²) in [5.74, 6) is 0.915. The average Bonchev–Trinajstić information content (AvgIpc) is 2.91. The van der Waals surface area contributed by atoms with E-state index in [0.717, 1.165) is 25.3 Å². The van der Waals surface area contributed by atoms with Crippen LogP contribution >= 0.6 is 0 Å². The first-order valence-electron chi connectivity index (χ1n) is 6.98. The number of nitrogens with two attached hydrogens (primary N) is 1. The van der Waals surface area contributed by atoms with Gasteiger partial charge < -0.3 is 15.2 Å². The van der Waals surface area contributed by atoms with E-state index >= 15 is 0 Å². The SMILES string of the molecule is CCOc1ccc(C(CN)N2CCC(OC)C2)cc1. The number of benzene rings is 1. The third kappa shape index (κ3) is 3.47. The van der Waals surface area contributed by atoms with E-state index in [0.29, 0.717) is 19.3 Å². The predicted octanol–water partition coefficient (Wildman–Crippen LogP) is 1.81. The quantitative estimate of drug-likeness (QED) is 0.851. The Bertz CT molecular complexity index is 380. The Kier molecular flexibility index (Phi) is 5.19. The molecule has 0 radical (unpaired) electrons. The topological polar surface area (TPSA) is 47.7 Å². The van der Waals surface area contributed by atoms with E-state index in [9.17, 15) is 0 Å². The van der Waals surface area contributed by atoms with Gasteiger partial charge in [0.05, 0.1) is 12.7 Å². The Morgan fingerprint density at radius 2 is 2.11 bits per heavy atom. The molecule has 106 valence electrons. The van der Waals surface area contributed by atoms with Gasteiger partial charge in [0.25, 0.3) is 0 Å². The summed E-state index contributed by atoms with van der Waals surface area (Å²) in [6, 6.07) is 8.54. The van der Waals surface area contributed by atoms with Gasteiger partial charge in [-0.05, 0) is 31.0 Å². The fourth-order valence-electron chi connectivity index (χ4n) is 2.68. The molecule has 0 spiro atoms. The normalized spacial score (nSPS) is 21.5. The van der Waals surface area contributed by atoms with Crippen molar-refractivity contribution in [3.05, 3.63) is 29.8 Å². The molecule has 0 aliphatic carbocycles. The van der Waals surface area contributed by atoms with Crippen LogP contribution in [0.2, 0.25) is 0 Å². The van der Waals surface area contributed by atoms with Crippen LogP contribution in [-0.2, 0) is 4.74 Å². The molecule has 1 aliphatic rings. The lowest BCUT2D eigenvalue weighted by atomic mass is 10.1. The summed E-state index contributed by atoms with van der Waals surface area (Å²) >= 11 is 0. The van der Waals surface area contributed by atoms with Gasteiger partial charge >= 0.3 is 0 Å². The second-order valence-electron chi connectivity index (χ2n) is 4.89. The summed E-state index contributed by atoms with van der Waals surface area (Å²) in [7, 11) is 1.78. The van der Waals surface area contributed by atoms with Gasteiger partial charge in [0.2, 0.25) is 0 Å². The van der Waals surface area contributed by atoms with Crippen molar-refractivity contribution < 1.29 is 9.47 Å². The van der Waals surface area contributed by atoms with Crippen molar-refractivity contribution in [3.63, 3.8) is 0 Å². The molecular weight excluding hydrogens is 240 g/mol. The molecule has 4 nitrogen and oxygen atoms in total. The van der Waals surface area contributed by atoms with Gasteiger partial charge in [0.15, 0.2) is 0 Å². The van der Waals surface area contributed by atoms with Gasteiger partial charge in [0.1, 0.15) is 5.75 Å². The Morgan fingerprint density at radius 1 is 1.37 bits per heavy atom. The van der Waals surface area contributed by atoms with Crippen molar-refractivity contribution >= 4 is 0 Å². The molecule has 0 saturated carbocycles. The first-order chi connectivity index (χ1) is 9.28. The van der Waals surface area contributed by atoms with Crippen molar-refractivity contribution in [1.82, 2.24) is 4.90 Å². The summed E-state index contributed by atoms with van der Waals surface area (Å²) in [5, 5.41) is 0. The van der Waals surface area contributed by atoms with E-state index in [4.69, 9.17) is 15.2 Å². The molecule has 2 atom stereocenters. The molecule has 4 heteroatoms. The maximum atomic E-state index is 5.95. The number of likely N-dealkylation sites (tertiary alicyclic amines) is 1. The number of hydrogen-bond acceptors (Lipinski definition) is 4. The minimum atomic E-state index is 0.274. The van der Waals surface area contributed by atoms with E-state index in [1.165, 1.54) is 5.56 Å². The van der Waals surface area contributed by atoms with Gasteiger partial charge in [-0.25, -0.2) is 0 Å². The Morgan fingerprint density at radius 3 is 2.63 bits per heavy atom. The van der Waals surface area contributed by atoms with Crippen molar-refractivity contribution in [2.24, 2.45) is 5.73 Å². The van der Waals surface area contributed by atoms with Crippen LogP contribution in [0.4, 0.5) is 0 Å². The monoisotopic (exact) mass is 264 g/mol. The van der Waals surface area contributed by atoms with E-state index in [2.05, 4.69) is 17.0 Å². The summed E-state index contributed by atoms with van der Waals surface area (Å²) in [6.45, 7) is 5.33. The van der Waals surface area contributed by atoms with Crippen LogP contribution < -0.4 is 10.5 Å². The molecule has 19 heavy (non-hydrogen) atoms. The average molecular weight is 264 g/mol. The highest BCUT2D eigenvalue weighted by Gasteiger charge is 2.28. The van der Waals surface area contributed by atoms with Gasteiger partial charge in [-0.3, -0.25) is 4.90 Å². The number of methoxy groups -OCH3 is 1. The van der Waals surface area contributed by atoms with Crippen LogP contribution in [0.25, 0.3) is 0 Å². The van der Waals surface area contributed by atoms with E-state index in [1.54, 1.807) is 7.11 Å². The first kappa shape index (κ1) is 14.3. The third-order valence-corrected chi connectivity index (χ3v) is 3.75. The molecular formula is C15H24N2O2.